The highest BCUT2D eigenvalue weighted by atomic mass is 16.2. The molecule has 8 nitrogen and oxygen atoms in total. The fourth-order valence-electron chi connectivity index (χ4n) is 3.29. The summed E-state index contributed by atoms with van der Waals surface area (Å²) in [6.45, 7) is 2.96. The Morgan fingerprint density at radius 3 is 2.45 bits per heavy atom. The van der Waals surface area contributed by atoms with Gasteiger partial charge in [0, 0.05) is 37.4 Å². The van der Waals surface area contributed by atoms with Crippen LogP contribution in [-0.4, -0.2) is 60.0 Å². The topological polar surface area (TPSA) is 108 Å². The number of nitrogens with one attached hydrogen (secondary N) is 2. The number of nitrogens with two attached hydrogens (primary N) is 1. The van der Waals surface area contributed by atoms with Gasteiger partial charge in [0.25, 0.3) is 11.8 Å². The maximum Gasteiger partial charge on any atom is 0.323 e. The van der Waals surface area contributed by atoms with Crippen molar-refractivity contribution in [1.82, 2.24) is 15.1 Å². The van der Waals surface area contributed by atoms with Gasteiger partial charge in [0.05, 0.1) is 0 Å². The Hall–Kier alpha value is -3.39. The summed E-state index contributed by atoms with van der Waals surface area (Å²) >= 11 is 0. The first-order chi connectivity index (χ1) is 14.0. The van der Waals surface area contributed by atoms with E-state index in [9.17, 15) is 14.4 Å². The Morgan fingerprint density at radius 1 is 1.03 bits per heavy atom. The molecule has 0 saturated carbocycles. The first kappa shape index (κ1) is 20.3. The van der Waals surface area contributed by atoms with Gasteiger partial charge in [-0.25, -0.2) is 4.79 Å². The van der Waals surface area contributed by atoms with Crippen molar-refractivity contribution in [3.05, 3.63) is 65.7 Å². The van der Waals surface area contributed by atoms with Gasteiger partial charge in [-0.15, -0.1) is 0 Å². The summed E-state index contributed by atoms with van der Waals surface area (Å²) in [6, 6.07) is 15.6. The van der Waals surface area contributed by atoms with Crippen molar-refractivity contribution in [1.29, 1.82) is 0 Å². The van der Waals surface area contributed by atoms with Crippen molar-refractivity contribution in [3.63, 3.8) is 0 Å². The van der Waals surface area contributed by atoms with E-state index < -0.39 is 18.1 Å². The predicted octanol–water partition coefficient (Wildman–Crippen LogP) is 1.39. The van der Waals surface area contributed by atoms with Crippen LogP contribution in [0.5, 0.6) is 0 Å². The molecule has 29 heavy (non-hydrogen) atoms. The molecular weight excluding hydrogens is 370 g/mol. The van der Waals surface area contributed by atoms with Gasteiger partial charge in [-0.05, 0) is 36.8 Å². The summed E-state index contributed by atoms with van der Waals surface area (Å²) < 4.78 is 0. The second kappa shape index (κ2) is 9.20. The van der Waals surface area contributed by atoms with E-state index in [0.29, 0.717) is 11.3 Å². The van der Waals surface area contributed by atoms with Gasteiger partial charge < -0.3 is 21.3 Å². The molecule has 1 unspecified atom stereocenters. The van der Waals surface area contributed by atoms with E-state index in [4.69, 9.17) is 5.73 Å². The number of carbonyl (C=O) groups is 3. The molecule has 1 saturated heterocycles. The molecule has 0 bridgehead atoms. The van der Waals surface area contributed by atoms with Crippen LogP contribution in [0.25, 0.3) is 0 Å². The van der Waals surface area contributed by atoms with Crippen molar-refractivity contribution in [2.75, 3.05) is 31.5 Å². The Bertz CT molecular complexity index is 887. The summed E-state index contributed by atoms with van der Waals surface area (Å²) in [6.07, 6.45) is -1.04. The van der Waals surface area contributed by atoms with Crippen LogP contribution >= 0.6 is 0 Å². The van der Waals surface area contributed by atoms with E-state index in [-0.39, 0.29) is 32.1 Å². The first-order valence-electron chi connectivity index (χ1n) is 9.49. The van der Waals surface area contributed by atoms with E-state index in [1.807, 2.05) is 31.2 Å². The van der Waals surface area contributed by atoms with Gasteiger partial charge in [0.15, 0.2) is 6.17 Å². The monoisotopic (exact) mass is 395 g/mol. The van der Waals surface area contributed by atoms with Gasteiger partial charge in [-0.3, -0.25) is 14.5 Å². The van der Waals surface area contributed by atoms with E-state index in [0.717, 1.165) is 5.56 Å². The van der Waals surface area contributed by atoms with Gasteiger partial charge in [-0.2, -0.15) is 0 Å². The number of anilines is 1. The maximum absolute atomic E-state index is 13.0. The molecule has 1 atom stereocenters. The second-order valence-corrected chi connectivity index (χ2v) is 6.81. The van der Waals surface area contributed by atoms with E-state index >= 15 is 0 Å². The minimum absolute atomic E-state index is 0.247. The van der Waals surface area contributed by atoms with Crippen LogP contribution in [0.2, 0.25) is 0 Å². The Kier molecular flexibility index (Phi) is 6.46. The molecule has 1 aliphatic heterocycles. The molecule has 1 aliphatic rings. The van der Waals surface area contributed by atoms with E-state index in [2.05, 4.69) is 10.6 Å². The van der Waals surface area contributed by atoms with Crippen LogP contribution < -0.4 is 16.4 Å². The summed E-state index contributed by atoms with van der Waals surface area (Å²) in [7, 11) is 0. The molecule has 8 heteroatoms. The average molecular weight is 395 g/mol. The van der Waals surface area contributed by atoms with Crippen LogP contribution in [-0.2, 0) is 4.79 Å². The SMILES string of the molecule is Cc1cccc(NC(=O)N2CCN(C(=O)c3ccccc3)C2C(=O)NCCN)c1. The number of aryl methyl sites for hydroxylation is 1. The number of benzene rings is 2. The number of carbonyl (C=O) groups excluding carboxylic acids is 3. The quantitative estimate of drug-likeness (QED) is 0.711. The molecule has 0 aromatic heterocycles. The number of urea groups is 1. The normalized spacial score (nSPS) is 15.9. The van der Waals surface area contributed by atoms with Crippen molar-refractivity contribution >= 4 is 23.5 Å². The van der Waals surface area contributed by atoms with E-state index in [1.165, 1.54) is 9.80 Å². The first-order valence-corrected chi connectivity index (χ1v) is 9.49. The molecule has 2 aromatic rings. The molecule has 152 valence electrons. The highest BCUT2D eigenvalue weighted by Gasteiger charge is 2.42. The molecule has 2 aromatic carbocycles. The fourth-order valence-corrected chi connectivity index (χ4v) is 3.29. The number of nitrogens with zero attached hydrogens (tertiary/aromatic N) is 2. The van der Waals surface area contributed by atoms with Crippen LogP contribution in [0.4, 0.5) is 10.5 Å². The lowest BCUT2D eigenvalue weighted by Crippen LogP contribution is -2.55. The third kappa shape index (κ3) is 4.72. The summed E-state index contributed by atoms with van der Waals surface area (Å²) in [5.74, 6) is -0.735. The zero-order valence-electron chi connectivity index (χ0n) is 16.3. The van der Waals surface area contributed by atoms with Gasteiger partial charge in [0.1, 0.15) is 0 Å². The maximum atomic E-state index is 13.0. The fraction of sp³-hybridized carbons (Fsp3) is 0.286. The standard InChI is InChI=1S/C21H25N5O3/c1-15-6-5-9-17(14-15)24-21(29)26-13-12-25(19(26)18(27)23-11-10-22)20(28)16-7-3-2-4-8-16/h2-9,14,19H,10-13,22H2,1H3,(H,23,27)(H,24,29). The molecular formula is C21H25N5O3. The van der Waals surface area contributed by atoms with Crippen LogP contribution in [0, 0.1) is 6.92 Å². The number of rotatable bonds is 5. The molecule has 0 spiro atoms. The average Bonchev–Trinajstić information content (AvgIpc) is 3.17. The molecule has 4 amide bonds. The lowest BCUT2D eigenvalue weighted by molar-refractivity contribution is -0.127. The Labute approximate surface area is 169 Å². The van der Waals surface area contributed by atoms with Gasteiger partial charge in [-0.1, -0.05) is 30.3 Å². The molecule has 0 aliphatic carbocycles. The Balaban J connectivity index is 1.82. The Morgan fingerprint density at radius 2 is 1.76 bits per heavy atom. The zero-order chi connectivity index (χ0) is 20.8. The minimum Gasteiger partial charge on any atom is -0.351 e. The lowest BCUT2D eigenvalue weighted by atomic mass is 10.2. The predicted molar refractivity (Wildman–Crippen MR) is 110 cm³/mol. The van der Waals surface area contributed by atoms with E-state index in [1.54, 1.807) is 30.3 Å². The van der Waals surface area contributed by atoms with Crippen LogP contribution in [0.3, 0.4) is 0 Å². The number of amides is 4. The molecule has 4 N–H and O–H groups in total. The zero-order valence-corrected chi connectivity index (χ0v) is 16.3. The molecule has 1 fully saturated rings. The largest absolute Gasteiger partial charge is 0.351 e. The summed E-state index contributed by atoms with van der Waals surface area (Å²) in [5, 5.41) is 5.50. The second-order valence-electron chi connectivity index (χ2n) is 6.81. The minimum atomic E-state index is -1.04. The van der Waals surface area contributed by atoms with Crippen molar-refractivity contribution in [3.8, 4) is 0 Å². The lowest BCUT2D eigenvalue weighted by Gasteiger charge is -2.29. The summed E-state index contributed by atoms with van der Waals surface area (Å²) in [5.41, 5.74) is 7.58. The smallest absolute Gasteiger partial charge is 0.323 e. The third-order valence-corrected chi connectivity index (χ3v) is 4.66. The molecule has 0 radical (unpaired) electrons. The highest BCUT2D eigenvalue weighted by molar-refractivity contribution is 6.00. The third-order valence-electron chi connectivity index (χ3n) is 4.66. The van der Waals surface area contributed by atoms with Crippen LogP contribution in [0.15, 0.2) is 54.6 Å². The number of hydrogen-bond acceptors (Lipinski definition) is 4. The van der Waals surface area contributed by atoms with Gasteiger partial charge in [0.2, 0.25) is 0 Å². The van der Waals surface area contributed by atoms with Crippen molar-refractivity contribution < 1.29 is 14.4 Å². The molecule has 1 heterocycles. The van der Waals surface area contributed by atoms with Crippen LogP contribution in [0.1, 0.15) is 15.9 Å². The number of hydrogen-bond donors (Lipinski definition) is 3. The van der Waals surface area contributed by atoms with Gasteiger partial charge >= 0.3 is 6.03 Å². The van der Waals surface area contributed by atoms with Crippen molar-refractivity contribution in [2.24, 2.45) is 5.73 Å². The highest BCUT2D eigenvalue weighted by Crippen LogP contribution is 2.20. The summed E-state index contributed by atoms with van der Waals surface area (Å²) in [4.78, 5) is 41.4. The molecule has 3 rings (SSSR count). The van der Waals surface area contributed by atoms with Crippen molar-refractivity contribution in [2.45, 2.75) is 13.1 Å².